The van der Waals surface area contributed by atoms with Crippen LogP contribution in [0.5, 0.6) is 0 Å². The highest BCUT2D eigenvalue weighted by Gasteiger charge is 2.04. The largest absolute Gasteiger partial charge is 0.397 e. The number of hydrogen-bond acceptors (Lipinski definition) is 3. The molecule has 0 bridgehead atoms. The number of nitrogens with zero attached hydrogens (tertiary/aromatic N) is 1. The first-order valence-electron chi connectivity index (χ1n) is 3.58. The van der Waals surface area contributed by atoms with E-state index in [1.165, 1.54) is 0 Å². The lowest BCUT2D eigenvalue weighted by Gasteiger charge is -2.04. The number of nitrogens with two attached hydrogens (primary N) is 2. The van der Waals surface area contributed by atoms with Gasteiger partial charge in [-0.05, 0) is 18.1 Å². The number of rotatable bonds is 2. The molecule has 1 rings (SSSR count). The maximum atomic E-state index is 10.6. The average molecular weight is 165 g/mol. The Hall–Kier alpha value is -1.58. The molecule has 4 nitrogen and oxygen atoms in total. The molecule has 0 atom stereocenters. The van der Waals surface area contributed by atoms with Crippen molar-refractivity contribution in [3.63, 3.8) is 0 Å². The molecule has 0 radical (unpaired) electrons. The molecule has 12 heavy (non-hydrogen) atoms. The number of carbonyl (C=O) groups excluding carboxylic acids is 1. The van der Waals surface area contributed by atoms with Gasteiger partial charge in [0.05, 0.1) is 18.3 Å². The number of pyridine rings is 1. The molecule has 1 aromatic rings. The number of amides is 1. The molecule has 0 saturated carbocycles. The van der Waals surface area contributed by atoms with E-state index in [-0.39, 0.29) is 12.3 Å². The van der Waals surface area contributed by atoms with Crippen molar-refractivity contribution in [1.29, 1.82) is 0 Å². The van der Waals surface area contributed by atoms with Gasteiger partial charge in [-0.2, -0.15) is 0 Å². The molecule has 0 aliphatic heterocycles. The molecule has 0 aromatic carbocycles. The summed E-state index contributed by atoms with van der Waals surface area (Å²) >= 11 is 0. The van der Waals surface area contributed by atoms with Gasteiger partial charge in [0.15, 0.2) is 0 Å². The summed E-state index contributed by atoms with van der Waals surface area (Å²) in [6, 6.07) is 0. The highest BCUT2D eigenvalue weighted by molar-refractivity contribution is 5.77. The van der Waals surface area contributed by atoms with Crippen LogP contribution in [0.1, 0.15) is 11.1 Å². The molecule has 0 fully saturated rings. The number of aromatic nitrogens is 1. The lowest BCUT2D eigenvalue weighted by Crippen LogP contribution is -2.15. The van der Waals surface area contributed by atoms with Crippen LogP contribution in [0.15, 0.2) is 12.4 Å². The number of carbonyl (C=O) groups is 1. The van der Waals surface area contributed by atoms with Crippen molar-refractivity contribution in [3.8, 4) is 0 Å². The van der Waals surface area contributed by atoms with Crippen molar-refractivity contribution in [2.75, 3.05) is 5.73 Å². The molecule has 0 aliphatic rings. The van der Waals surface area contributed by atoms with Gasteiger partial charge < -0.3 is 11.5 Å². The Kier molecular flexibility index (Phi) is 2.28. The zero-order valence-electron chi connectivity index (χ0n) is 6.87. The first-order valence-corrected chi connectivity index (χ1v) is 3.58. The number of anilines is 1. The van der Waals surface area contributed by atoms with Crippen molar-refractivity contribution in [1.82, 2.24) is 4.98 Å². The molecule has 0 spiro atoms. The van der Waals surface area contributed by atoms with Gasteiger partial charge in [0, 0.05) is 6.20 Å². The second-order valence-corrected chi connectivity index (χ2v) is 2.66. The first kappa shape index (κ1) is 8.52. The van der Waals surface area contributed by atoms with E-state index < -0.39 is 0 Å². The Bertz CT molecular complexity index is 309. The van der Waals surface area contributed by atoms with Crippen molar-refractivity contribution in [3.05, 3.63) is 23.5 Å². The minimum atomic E-state index is -0.370. The maximum absolute atomic E-state index is 10.6. The molecule has 4 heteroatoms. The molecule has 1 amide bonds. The molecule has 0 unspecified atom stereocenters. The van der Waals surface area contributed by atoms with Crippen molar-refractivity contribution < 1.29 is 4.79 Å². The summed E-state index contributed by atoms with van der Waals surface area (Å²) in [6.07, 6.45) is 3.36. The van der Waals surface area contributed by atoms with Crippen molar-refractivity contribution in [2.24, 2.45) is 5.73 Å². The van der Waals surface area contributed by atoms with Gasteiger partial charge in [-0.1, -0.05) is 0 Å². The molecule has 0 aliphatic carbocycles. The monoisotopic (exact) mass is 165 g/mol. The maximum Gasteiger partial charge on any atom is 0.221 e. The highest BCUT2D eigenvalue weighted by atomic mass is 16.1. The van der Waals surface area contributed by atoms with E-state index in [1.807, 2.05) is 6.92 Å². The summed E-state index contributed by atoms with van der Waals surface area (Å²) in [4.78, 5) is 14.5. The van der Waals surface area contributed by atoms with E-state index in [0.29, 0.717) is 5.69 Å². The fourth-order valence-electron chi connectivity index (χ4n) is 0.953. The number of nitrogen functional groups attached to an aromatic ring is 1. The van der Waals surface area contributed by atoms with Gasteiger partial charge in [-0.25, -0.2) is 0 Å². The van der Waals surface area contributed by atoms with Crippen LogP contribution in [0.4, 0.5) is 5.69 Å². The molecule has 1 aromatic heterocycles. The Balaban J connectivity index is 3.00. The summed E-state index contributed by atoms with van der Waals surface area (Å²) in [5.74, 6) is -0.370. The summed E-state index contributed by atoms with van der Waals surface area (Å²) in [6.45, 7) is 1.84. The lowest BCUT2D eigenvalue weighted by atomic mass is 10.1. The fourth-order valence-corrected chi connectivity index (χ4v) is 0.953. The topological polar surface area (TPSA) is 82.0 Å². The Morgan fingerprint density at radius 1 is 1.58 bits per heavy atom. The molecule has 64 valence electrons. The second kappa shape index (κ2) is 3.21. The van der Waals surface area contributed by atoms with Crippen LogP contribution in [0.3, 0.4) is 0 Å². The summed E-state index contributed by atoms with van der Waals surface area (Å²) in [7, 11) is 0. The zero-order valence-corrected chi connectivity index (χ0v) is 6.87. The number of primary amides is 1. The van der Waals surface area contributed by atoms with Crippen LogP contribution in [0.2, 0.25) is 0 Å². The Labute approximate surface area is 70.6 Å². The van der Waals surface area contributed by atoms with Gasteiger partial charge in [0.1, 0.15) is 0 Å². The number of hydrogen-bond donors (Lipinski definition) is 2. The van der Waals surface area contributed by atoms with Gasteiger partial charge in [0.25, 0.3) is 0 Å². The summed E-state index contributed by atoms with van der Waals surface area (Å²) < 4.78 is 0. The molecular formula is C8H11N3O. The summed E-state index contributed by atoms with van der Waals surface area (Å²) in [5, 5.41) is 0. The normalized spacial score (nSPS) is 9.75. The third kappa shape index (κ3) is 1.72. The minimum Gasteiger partial charge on any atom is -0.397 e. The van der Waals surface area contributed by atoms with Crippen LogP contribution >= 0.6 is 0 Å². The van der Waals surface area contributed by atoms with E-state index in [9.17, 15) is 4.79 Å². The third-order valence-corrected chi connectivity index (χ3v) is 1.72. The van der Waals surface area contributed by atoms with Crippen LogP contribution < -0.4 is 11.5 Å². The Morgan fingerprint density at radius 3 is 2.83 bits per heavy atom. The average Bonchev–Trinajstić information content (AvgIpc) is 1.98. The standard InChI is InChI=1S/C8H11N3O/c1-5-6(2-8(10)12)3-11-4-7(5)9/h3-4H,2,9H2,1H3,(H2,10,12). The first-order chi connectivity index (χ1) is 5.61. The van der Waals surface area contributed by atoms with Crippen LogP contribution in [-0.2, 0) is 11.2 Å². The Morgan fingerprint density at radius 2 is 2.25 bits per heavy atom. The van der Waals surface area contributed by atoms with Crippen molar-refractivity contribution >= 4 is 11.6 Å². The quantitative estimate of drug-likeness (QED) is 0.647. The predicted octanol–water partition coefficient (Wildman–Crippen LogP) is 0.0000200. The van der Waals surface area contributed by atoms with Crippen molar-refractivity contribution in [2.45, 2.75) is 13.3 Å². The third-order valence-electron chi connectivity index (χ3n) is 1.72. The zero-order chi connectivity index (χ0) is 9.14. The molecule has 1 heterocycles. The van der Waals surface area contributed by atoms with Crippen LogP contribution in [0, 0.1) is 6.92 Å². The van der Waals surface area contributed by atoms with E-state index in [1.54, 1.807) is 12.4 Å². The SMILES string of the molecule is Cc1c(N)cncc1CC(N)=O. The van der Waals surface area contributed by atoms with E-state index >= 15 is 0 Å². The van der Waals surface area contributed by atoms with E-state index in [0.717, 1.165) is 11.1 Å². The minimum absolute atomic E-state index is 0.198. The van der Waals surface area contributed by atoms with Gasteiger partial charge >= 0.3 is 0 Å². The van der Waals surface area contributed by atoms with Gasteiger partial charge in [0.2, 0.25) is 5.91 Å². The smallest absolute Gasteiger partial charge is 0.221 e. The van der Waals surface area contributed by atoms with Crippen LogP contribution in [-0.4, -0.2) is 10.9 Å². The van der Waals surface area contributed by atoms with Crippen LogP contribution in [0.25, 0.3) is 0 Å². The second-order valence-electron chi connectivity index (χ2n) is 2.66. The molecular weight excluding hydrogens is 154 g/mol. The lowest BCUT2D eigenvalue weighted by molar-refractivity contribution is -0.117. The molecule has 0 saturated heterocycles. The van der Waals surface area contributed by atoms with E-state index in [2.05, 4.69) is 4.98 Å². The van der Waals surface area contributed by atoms with Gasteiger partial charge in [-0.3, -0.25) is 9.78 Å². The van der Waals surface area contributed by atoms with E-state index in [4.69, 9.17) is 11.5 Å². The predicted molar refractivity (Wildman–Crippen MR) is 46.3 cm³/mol. The molecule has 4 N–H and O–H groups in total. The highest BCUT2D eigenvalue weighted by Crippen LogP contribution is 2.13. The fraction of sp³-hybridized carbons (Fsp3) is 0.250. The van der Waals surface area contributed by atoms with Gasteiger partial charge in [-0.15, -0.1) is 0 Å². The summed E-state index contributed by atoms with van der Waals surface area (Å²) in [5.41, 5.74) is 12.9.